The van der Waals surface area contributed by atoms with Gasteiger partial charge in [-0.25, -0.2) is 0 Å². The molecule has 1 aliphatic rings. The number of thiophene rings is 1. The van der Waals surface area contributed by atoms with E-state index in [0.717, 1.165) is 19.4 Å². The second-order valence-corrected chi connectivity index (χ2v) is 5.69. The van der Waals surface area contributed by atoms with Gasteiger partial charge in [0.1, 0.15) is 0 Å². The highest BCUT2D eigenvalue weighted by Gasteiger charge is 2.28. The van der Waals surface area contributed by atoms with Gasteiger partial charge < -0.3 is 4.90 Å². The van der Waals surface area contributed by atoms with Crippen molar-refractivity contribution in [2.75, 3.05) is 26.7 Å². The molecule has 0 radical (unpaired) electrons. The summed E-state index contributed by atoms with van der Waals surface area (Å²) in [4.78, 5) is 16.0. The van der Waals surface area contributed by atoms with Gasteiger partial charge in [0, 0.05) is 19.6 Å². The van der Waals surface area contributed by atoms with E-state index in [1.807, 2.05) is 0 Å². The lowest BCUT2D eigenvalue weighted by Gasteiger charge is -2.25. The number of amides is 1. The van der Waals surface area contributed by atoms with Crippen LogP contribution in [0.15, 0.2) is 16.8 Å². The fourth-order valence-electron chi connectivity index (χ4n) is 2.49. The molecule has 0 N–H and O–H groups in total. The van der Waals surface area contributed by atoms with E-state index in [9.17, 15) is 4.79 Å². The van der Waals surface area contributed by atoms with Crippen LogP contribution in [0.2, 0.25) is 0 Å². The molecular weight excluding hydrogens is 258 g/mol. The molecule has 0 bridgehead atoms. The summed E-state index contributed by atoms with van der Waals surface area (Å²) in [7, 11) is 1.77. The zero-order chi connectivity index (χ0) is 13.7. The van der Waals surface area contributed by atoms with Gasteiger partial charge >= 0.3 is 0 Å². The van der Waals surface area contributed by atoms with Gasteiger partial charge in [-0.1, -0.05) is 0 Å². The van der Waals surface area contributed by atoms with E-state index >= 15 is 0 Å². The van der Waals surface area contributed by atoms with Crippen molar-refractivity contribution in [2.45, 2.75) is 25.3 Å². The SMILES string of the molecule is CN(CCC#N)C(=O)CN1CCC[C@@H]1c1ccsc1. The van der Waals surface area contributed by atoms with Crippen LogP contribution in [-0.4, -0.2) is 42.4 Å². The first-order chi connectivity index (χ1) is 9.22. The molecule has 1 atom stereocenters. The summed E-state index contributed by atoms with van der Waals surface area (Å²) in [5, 5.41) is 12.8. The lowest BCUT2D eigenvalue weighted by atomic mass is 10.1. The maximum atomic E-state index is 12.1. The Hall–Kier alpha value is -1.38. The van der Waals surface area contributed by atoms with Crippen LogP contribution in [0, 0.1) is 11.3 Å². The van der Waals surface area contributed by atoms with Crippen LogP contribution in [0.4, 0.5) is 0 Å². The van der Waals surface area contributed by atoms with Crippen molar-refractivity contribution in [1.29, 1.82) is 5.26 Å². The minimum atomic E-state index is 0.109. The average molecular weight is 277 g/mol. The third-order valence-electron chi connectivity index (χ3n) is 3.61. The van der Waals surface area contributed by atoms with Gasteiger partial charge in [0.2, 0.25) is 5.91 Å². The maximum Gasteiger partial charge on any atom is 0.236 e. The summed E-state index contributed by atoms with van der Waals surface area (Å²) in [6.07, 6.45) is 2.68. The first-order valence-electron chi connectivity index (χ1n) is 6.59. The summed E-state index contributed by atoms with van der Waals surface area (Å²) < 4.78 is 0. The minimum absolute atomic E-state index is 0.109. The molecular formula is C14H19N3OS. The normalized spacial score (nSPS) is 19.3. The zero-order valence-corrected chi connectivity index (χ0v) is 12.0. The molecule has 0 saturated carbocycles. The largest absolute Gasteiger partial charge is 0.344 e. The zero-order valence-electron chi connectivity index (χ0n) is 11.2. The molecule has 2 heterocycles. The predicted octanol–water partition coefficient (Wildman–Crippen LogP) is 2.26. The molecule has 5 heteroatoms. The summed E-state index contributed by atoms with van der Waals surface area (Å²) in [6.45, 7) is 1.97. The van der Waals surface area contributed by atoms with Gasteiger partial charge in [0.25, 0.3) is 0 Å². The Bertz CT molecular complexity index is 452. The molecule has 102 valence electrons. The number of hydrogen-bond acceptors (Lipinski definition) is 4. The lowest BCUT2D eigenvalue weighted by molar-refractivity contribution is -0.131. The Morgan fingerprint density at radius 3 is 3.21 bits per heavy atom. The highest BCUT2D eigenvalue weighted by atomic mass is 32.1. The van der Waals surface area contributed by atoms with E-state index in [0.29, 0.717) is 25.6 Å². The van der Waals surface area contributed by atoms with Crippen molar-refractivity contribution in [1.82, 2.24) is 9.80 Å². The standard InChI is InChI=1S/C14H19N3OS/c1-16(7-3-6-15)14(18)10-17-8-2-4-13(17)12-5-9-19-11-12/h5,9,11,13H,2-4,7-8,10H2,1H3/t13-/m1/s1. The molecule has 4 nitrogen and oxygen atoms in total. The number of nitrogens with zero attached hydrogens (tertiary/aromatic N) is 3. The molecule has 1 aromatic heterocycles. The molecule has 1 aliphatic heterocycles. The third kappa shape index (κ3) is 3.55. The Morgan fingerprint density at radius 1 is 1.68 bits per heavy atom. The Labute approximate surface area is 118 Å². The first kappa shape index (κ1) is 14.0. The number of likely N-dealkylation sites (N-methyl/N-ethyl adjacent to an activating group) is 1. The van der Waals surface area contributed by atoms with Gasteiger partial charge in [-0.3, -0.25) is 9.69 Å². The maximum absolute atomic E-state index is 12.1. The molecule has 2 rings (SSSR count). The molecule has 1 aromatic rings. The van der Waals surface area contributed by atoms with Crippen molar-refractivity contribution in [3.63, 3.8) is 0 Å². The second kappa shape index (κ2) is 6.69. The van der Waals surface area contributed by atoms with E-state index in [1.165, 1.54) is 5.56 Å². The van der Waals surface area contributed by atoms with E-state index in [2.05, 4.69) is 27.8 Å². The molecule has 0 aromatic carbocycles. The fraction of sp³-hybridized carbons (Fsp3) is 0.571. The number of carbonyl (C=O) groups is 1. The van der Waals surface area contributed by atoms with Crippen LogP contribution in [-0.2, 0) is 4.79 Å². The number of likely N-dealkylation sites (tertiary alicyclic amines) is 1. The molecule has 1 saturated heterocycles. The van der Waals surface area contributed by atoms with Crippen LogP contribution in [0.5, 0.6) is 0 Å². The van der Waals surface area contributed by atoms with Gasteiger partial charge in [0.05, 0.1) is 19.0 Å². The van der Waals surface area contributed by atoms with Crippen molar-refractivity contribution >= 4 is 17.2 Å². The van der Waals surface area contributed by atoms with Crippen LogP contribution in [0.3, 0.4) is 0 Å². The number of hydrogen-bond donors (Lipinski definition) is 0. The van der Waals surface area contributed by atoms with Crippen LogP contribution in [0.25, 0.3) is 0 Å². The van der Waals surface area contributed by atoms with Gasteiger partial charge in [-0.15, -0.1) is 0 Å². The van der Waals surface area contributed by atoms with Crippen molar-refractivity contribution in [3.05, 3.63) is 22.4 Å². The Kier molecular flexibility index (Phi) is 4.94. The van der Waals surface area contributed by atoms with Crippen molar-refractivity contribution < 1.29 is 4.79 Å². The van der Waals surface area contributed by atoms with Crippen LogP contribution >= 0.6 is 11.3 Å². The highest BCUT2D eigenvalue weighted by Crippen LogP contribution is 2.32. The second-order valence-electron chi connectivity index (χ2n) is 4.91. The van der Waals surface area contributed by atoms with Crippen LogP contribution in [0.1, 0.15) is 30.9 Å². The molecule has 0 unspecified atom stereocenters. The number of nitriles is 1. The van der Waals surface area contributed by atoms with Gasteiger partial charge in [-0.05, 0) is 41.8 Å². The summed E-state index contributed by atoms with van der Waals surface area (Å²) in [6, 6.07) is 4.61. The van der Waals surface area contributed by atoms with Crippen molar-refractivity contribution in [2.24, 2.45) is 0 Å². The van der Waals surface area contributed by atoms with Crippen molar-refractivity contribution in [3.8, 4) is 6.07 Å². The van der Waals surface area contributed by atoms with E-state index < -0.39 is 0 Å². The topological polar surface area (TPSA) is 47.3 Å². The average Bonchev–Trinajstić information content (AvgIpc) is 3.05. The summed E-state index contributed by atoms with van der Waals surface area (Å²) >= 11 is 1.71. The number of carbonyl (C=O) groups excluding carboxylic acids is 1. The van der Waals surface area contributed by atoms with Gasteiger partial charge in [0.15, 0.2) is 0 Å². The summed E-state index contributed by atoms with van der Waals surface area (Å²) in [5.41, 5.74) is 1.33. The first-order valence-corrected chi connectivity index (χ1v) is 7.53. The van der Waals surface area contributed by atoms with Crippen LogP contribution < -0.4 is 0 Å². The number of rotatable bonds is 5. The van der Waals surface area contributed by atoms with E-state index in [4.69, 9.17) is 5.26 Å². The monoisotopic (exact) mass is 277 g/mol. The molecule has 19 heavy (non-hydrogen) atoms. The predicted molar refractivity (Wildman–Crippen MR) is 75.7 cm³/mol. The quantitative estimate of drug-likeness (QED) is 0.829. The Morgan fingerprint density at radius 2 is 2.53 bits per heavy atom. The van der Waals surface area contributed by atoms with E-state index in [1.54, 1.807) is 23.3 Å². The molecule has 1 amide bonds. The third-order valence-corrected chi connectivity index (χ3v) is 4.32. The smallest absolute Gasteiger partial charge is 0.236 e. The molecule has 0 aliphatic carbocycles. The van der Waals surface area contributed by atoms with E-state index in [-0.39, 0.29) is 5.91 Å². The molecule has 1 fully saturated rings. The Balaban J connectivity index is 1.91. The molecule has 0 spiro atoms. The fourth-order valence-corrected chi connectivity index (χ4v) is 3.20. The summed E-state index contributed by atoms with van der Waals surface area (Å²) in [5.74, 6) is 0.109. The van der Waals surface area contributed by atoms with Gasteiger partial charge in [-0.2, -0.15) is 16.6 Å². The minimum Gasteiger partial charge on any atom is -0.344 e. The highest BCUT2D eigenvalue weighted by molar-refractivity contribution is 7.07. The lowest BCUT2D eigenvalue weighted by Crippen LogP contribution is -2.38.